The van der Waals surface area contributed by atoms with Crippen LogP contribution in [0.15, 0.2) is 16.9 Å². The molecule has 0 radical (unpaired) electrons. The van der Waals surface area contributed by atoms with E-state index in [9.17, 15) is 18.8 Å². The van der Waals surface area contributed by atoms with E-state index in [1.165, 1.54) is 17.0 Å². The summed E-state index contributed by atoms with van der Waals surface area (Å²) in [4.78, 5) is 44.8. The van der Waals surface area contributed by atoms with Gasteiger partial charge in [-0.25, -0.2) is 9.37 Å². The lowest BCUT2D eigenvalue weighted by molar-refractivity contribution is -0.121. The van der Waals surface area contributed by atoms with Crippen LogP contribution in [0.2, 0.25) is 0 Å². The highest BCUT2D eigenvalue weighted by Gasteiger charge is 2.28. The van der Waals surface area contributed by atoms with Crippen molar-refractivity contribution < 1.29 is 14.0 Å². The van der Waals surface area contributed by atoms with Crippen LogP contribution in [-0.2, 0) is 16.0 Å². The number of amides is 2. The summed E-state index contributed by atoms with van der Waals surface area (Å²) in [5.41, 5.74) is 1.87. The average Bonchev–Trinajstić information content (AvgIpc) is 2.54. The van der Waals surface area contributed by atoms with Crippen molar-refractivity contribution in [3.8, 4) is 0 Å². The summed E-state index contributed by atoms with van der Waals surface area (Å²) in [5, 5.41) is 2.57. The number of benzene rings is 1. The quantitative estimate of drug-likeness (QED) is 0.874. The van der Waals surface area contributed by atoms with Gasteiger partial charge in [0.1, 0.15) is 18.2 Å². The van der Waals surface area contributed by atoms with Crippen LogP contribution < -0.4 is 15.8 Å². The Bertz CT molecular complexity index is 968. The maximum Gasteiger partial charge on any atom is 0.254 e. The highest BCUT2D eigenvalue weighted by molar-refractivity contribution is 6.10. The van der Waals surface area contributed by atoms with Crippen LogP contribution in [0.3, 0.4) is 0 Å². The van der Waals surface area contributed by atoms with Crippen molar-refractivity contribution in [1.29, 1.82) is 0 Å². The van der Waals surface area contributed by atoms with Crippen molar-refractivity contribution >= 4 is 23.2 Å². The molecule has 0 fully saturated rings. The van der Waals surface area contributed by atoms with Crippen molar-refractivity contribution in [2.75, 3.05) is 16.8 Å². The second-order valence-corrected chi connectivity index (χ2v) is 6.36. The molecular formula is C18H19FN4O3. The van der Waals surface area contributed by atoms with E-state index in [1.807, 2.05) is 0 Å². The third-order valence-corrected chi connectivity index (χ3v) is 4.37. The van der Waals surface area contributed by atoms with Crippen molar-refractivity contribution in [3.05, 3.63) is 50.9 Å². The molecule has 2 aromatic rings. The first-order valence-electron chi connectivity index (χ1n) is 8.23. The van der Waals surface area contributed by atoms with Crippen LogP contribution in [-0.4, -0.2) is 28.3 Å². The number of aryl methyl sites for hydroxylation is 3. The van der Waals surface area contributed by atoms with E-state index in [4.69, 9.17) is 0 Å². The van der Waals surface area contributed by atoms with Gasteiger partial charge in [-0.2, -0.15) is 0 Å². The molecule has 0 spiro atoms. The predicted molar refractivity (Wildman–Crippen MR) is 94.8 cm³/mol. The minimum atomic E-state index is -0.453. The number of fused-ring (bicyclic) bond motifs is 1. The van der Waals surface area contributed by atoms with Crippen LogP contribution in [0.4, 0.5) is 15.8 Å². The van der Waals surface area contributed by atoms with Crippen molar-refractivity contribution in [2.45, 2.75) is 33.6 Å². The number of anilines is 2. The fourth-order valence-electron chi connectivity index (χ4n) is 3.04. The van der Waals surface area contributed by atoms with Gasteiger partial charge < -0.3 is 15.2 Å². The van der Waals surface area contributed by atoms with Crippen LogP contribution >= 0.6 is 0 Å². The van der Waals surface area contributed by atoms with Crippen molar-refractivity contribution in [3.63, 3.8) is 0 Å². The number of nitrogens with zero attached hydrogens (tertiary/aromatic N) is 2. The number of carbonyl (C=O) groups excluding carboxylic acids is 2. The van der Waals surface area contributed by atoms with Gasteiger partial charge in [0.05, 0.1) is 11.4 Å². The average molecular weight is 358 g/mol. The Morgan fingerprint density at radius 1 is 1.27 bits per heavy atom. The number of aromatic nitrogens is 2. The fraction of sp³-hybridized carbons (Fsp3) is 0.333. The number of H-pyrrole nitrogens is 1. The maximum atomic E-state index is 13.8. The van der Waals surface area contributed by atoms with Crippen LogP contribution in [0, 0.1) is 26.6 Å². The lowest BCUT2D eigenvalue weighted by atomic mass is 10.1. The van der Waals surface area contributed by atoms with Gasteiger partial charge in [-0.05, 0) is 44.9 Å². The van der Waals surface area contributed by atoms with Gasteiger partial charge in [0, 0.05) is 17.7 Å². The number of rotatable bonds is 3. The smallest absolute Gasteiger partial charge is 0.254 e. The molecule has 8 heteroatoms. The van der Waals surface area contributed by atoms with Gasteiger partial charge >= 0.3 is 0 Å². The van der Waals surface area contributed by atoms with Crippen LogP contribution in [0.5, 0.6) is 0 Å². The van der Waals surface area contributed by atoms with E-state index in [2.05, 4.69) is 15.3 Å². The summed E-state index contributed by atoms with van der Waals surface area (Å²) >= 11 is 0. The molecule has 0 aliphatic carbocycles. The van der Waals surface area contributed by atoms with Crippen molar-refractivity contribution in [2.24, 2.45) is 0 Å². The van der Waals surface area contributed by atoms with E-state index >= 15 is 0 Å². The molecule has 0 unspecified atom stereocenters. The summed E-state index contributed by atoms with van der Waals surface area (Å²) in [7, 11) is 0. The Labute approximate surface area is 149 Å². The predicted octanol–water partition coefficient (Wildman–Crippen LogP) is 1.75. The fourth-order valence-corrected chi connectivity index (χ4v) is 3.04. The maximum absolute atomic E-state index is 13.8. The monoisotopic (exact) mass is 358 g/mol. The molecule has 1 aromatic carbocycles. The largest absolute Gasteiger partial charge is 0.323 e. The topological polar surface area (TPSA) is 95.2 Å². The highest BCUT2D eigenvalue weighted by Crippen LogP contribution is 2.32. The standard InChI is InChI=1S/C18H19FN4O3/c1-9-6-15-14(7-13(9)19)22-16(24)8-23(15)17(25)5-4-12-10(2)20-11(3)21-18(12)26/h6-7H,4-5,8H2,1-3H3,(H,22,24)(H,20,21,26). The van der Waals surface area contributed by atoms with Gasteiger partial charge in [0.2, 0.25) is 11.8 Å². The molecule has 2 heterocycles. The SMILES string of the molecule is Cc1nc(C)c(CCC(=O)N2CC(=O)Nc3cc(F)c(C)cc32)c(=O)[nH]1. The van der Waals surface area contributed by atoms with Crippen molar-refractivity contribution in [1.82, 2.24) is 9.97 Å². The summed E-state index contributed by atoms with van der Waals surface area (Å²) < 4.78 is 13.8. The molecule has 3 rings (SSSR count). The van der Waals surface area contributed by atoms with E-state index in [-0.39, 0.29) is 42.4 Å². The molecule has 26 heavy (non-hydrogen) atoms. The van der Waals surface area contributed by atoms with Gasteiger partial charge in [-0.15, -0.1) is 0 Å². The lowest BCUT2D eigenvalue weighted by Gasteiger charge is -2.29. The number of aromatic amines is 1. The van der Waals surface area contributed by atoms with Gasteiger partial charge in [0.15, 0.2) is 0 Å². The highest BCUT2D eigenvalue weighted by atomic mass is 19.1. The first-order valence-corrected chi connectivity index (χ1v) is 8.23. The Hall–Kier alpha value is -3.03. The van der Waals surface area contributed by atoms with Crippen LogP contribution in [0.25, 0.3) is 0 Å². The molecule has 2 N–H and O–H groups in total. The second-order valence-electron chi connectivity index (χ2n) is 6.36. The van der Waals surface area contributed by atoms with Gasteiger partial charge in [-0.3, -0.25) is 14.4 Å². The van der Waals surface area contributed by atoms with Gasteiger partial charge in [-0.1, -0.05) is 0 Å². The molecule has 0 bridgehead atoms. The minimum absolute atomic E-state index is 0.0395. The molecule has 1 aliphatic rings. The third kappa shape index (κ3) is 3.35. The zero-order chi connectivity index (χ0) is 19.0. The van der Waals surface area contributed by atoms with E-state index in [0.29, 0.717) is 28.3 Å². The van der Waals surface area contributed by atoms with E-state index < -0.39 is 5.82 Å². The summed E-state index contributed by atoms with van der Waals surface area (Å²) in [6, 6.07) is 2.74. The molecule has 1 aromatic heterocycles. The summed E-state index contributed by atoms with van der Waals surface area (Å²) in [6.45, 7) is 4.86. The second kappa shape index (κ2) is 6.70. The number of halogens is 1. The molecule has 1 aliphatic heterocycles. The Kier molecular flexibility index (Phi) is 4.58. The molecular weight excluding hydrogens is 339 g/mol. The number of hydrogen-bond acceptors (Lipinski definition) is 4. The number of carbonyl (C=O) groups is 2. The Balaban J connectivity index is 1.84. The Morgan fingerprint density at radius 3 is 2.69 bits per heavy atom. The lowest BCUT2D eigenvalue weighted by Crippen LogP contribution is -2.42. The van der Waals surface area contributed by atoms with Crippen LogP contribution in [0.1, 0.15) is 29.1 Å². The zero-order valence-electron chi connectivity index (χ0n) is 14.8. The number of hydrogen-bond donors (Lipinski definition) is 2. The zero-order valence-corrected chi connectivity index (χ0v) is 14.8. The molecule has 136 valence electrons. The first-order chi connectivity index (χ1) is 12.3. The van der Waals surface area contributed by atoms with Gasteiger partial charge in [0.25, 0.3) is 5.56 Å². The number of nitrogens with one attached hydrogen (secondary N) is 2. The Morgan fingerprint density at radius 2 is 2.00 bits per heavy atom. The molecule has 2 amide bonds. The normalized spacial score (nSPS) is 13.4. The molecule has 7 nitrogen and oxygen atoms in total. The molecule has 0 atom stereocenters. The molecule has 0 saturated carbocycles. The van der Waals surface area contributed by atoms with E-state index in [1.54, 1.807) is 20.8 Å². The molecule has 0 saturated heterocycles. The third-order valence-electron chi connectivity index (χ3n) is 4.37. The summed E-state index contributed by atoms with van der Waals surface area (Å²) in [5.74, 6) is -0.639. The first kappa shape index (κ1) is 17.8. The summed E-state index contributed by atoms with van der Waals surface area (Å²) in [6.07, 6.45) is 0.249. The minimum Gasteiger partial charge on any atom is -0.323 e. The van der Waals surface area contributed by atoms with E-state index in [0.717, 1.165) is 0 Å².